The molecule has 3 aromatic heterocycles. The third-order valence-electron chi connectivity index (χ3n) is 7.18. The second kappa shape index (κ2) is 12.5. The molecule has 0 aliphatic carbocycles. The first kappa shape index (κ1) is 30.2. The van der Waals surface area contributed by atoms with Gasteiger partial charge in [0.05, 0.1) is 31.1 Å². The predicted molar refractivity (Wildman–Crippen MR) is 167 cm³/mol. The van der Waals surface area contributed by atoms with Crippen molar-refractivity contribution in [2.75, 3.05) is 7.11 Å². The molecule has 0 fully saturated rings. The Balaban J connectivity index is 0.00000384. The van der Waals surface area contributed by atoms with Crippen LogP contribution < -0.4 is 21.1 Å². The van der Waals surface area contributed by atoms with Crippen molar-refractivity contribution in [2.45, 2.75) is 33.9 Å². The lowest BCUT2D eigenvalue weighted by Crippen LogP contribution is -2.41. The van der Waals surface area contributed by atoms with Crippen molar-refractivity contribution in [3.8, 4) is 34.3 Å². The van der Waals surface area contributed by atoms with Gasteiger partial charge in [-0.15, -0.1) is 11.3 Å². The number of methoxy groups -OCH3 is 1. The third kappa shape index (κ3) is 5.57. The number of benzene rings is 3. The second-order valence-corrected chi connectivity index (χ2v) is 10.9. The minimum Gasteiger partial charge on any atom is -0.528 e. The minimum absolute atomic E-state index is 0. The molecular formula is C33H29N4O6S-. The van der Waals surface area contributed by atoms with Crippen molar-refractivity contribution in [1.82, 2.24) is 19.3 Å². The van der Waals surface area contributed by atoms with Gasteiger partial charge in [-0.3, -0.25) is 18.7 Å². The molecule has 0 aliphatic heterocycles. The van der Waals surface area contributed by atoms with Gasteiger partial charge in [0.15, 0.2) is 17.7 Å². The fourth-order valence-corrected chi connectivity index (χ4v) is 6.11. The number of ether oxygens (including phenoxy) is 1. The van der Waals surface area contributed by atoms with E-state index >= 15 is 0 Å². The zero-order valence-corrected chi connectivity index (χ0v) is 24.1. The van der Waals surface area contributed by atoms with Crippen LogP contribution in [-0.4, -0.2) is 32.2 Å². The number of nitrogens with zero attached hydrogens (tertiary/aromatic N) is 4. The maximum atomic E-state index is 13.8. The molecule has 224 valence electrons. The fourth-order valence-electron chi connectivity index (χ4n) is 5.03. The number of fused-ring (bicyclic) bond motifs is 1. The molecule has 10 nitrogen and oxygen atoms in total. The number of ketones is 1. The Bertz CT molecular complexity index is 2090. The molecule has 0 N–H and O–H groups in total. The van der Waals surface area contributed by atoms with Gasteiger partial charge in [-0.25, -0.2) is 9.78 Å². The van der Waals surface area contributed by atoms with Crippen molar-refractivity contribution >= 4 is 27.3 Å². The smallest absolute Gasteiger partial charge is 0.332 e. The summed E-state index contributed by atoms with van der Waals surface area (Å²) in [5, 5.41) is 15.6. The maximum Gasteiger partial charge on any atom is 0.332 e. The zero-order chi connectivity index (χ0) is 30.1. The number of rotatable bonds is 9. The van der Waals surface area contributed by atoms with Gasteiger partial charge < -0.3 is 14.4 Å². The largest absolute Gasteiger partial charge is 0.528 e. The van der Waals surface area contributed by atoms with Gasteiger partial charge in [0.1, 0.15) is 10.6 Å². The fraction of sp³-hybridized carbons (Fsp3) is 0.182. The number of hydrogen-bond donors (Lipinski definition) is 0. The lowest BCUT2D eigenvalue weighted by Gasteiger charge is -2.13. The molecule has 3 aromatic carbocycles. The Labute approximate surface area is 256 Å². The van der Waals surface area contributed by atoms with Gasteiger partial charge in [-0.1, -0.05) is 75.0 Å². The molecule has 6 rings (SSSR count). The van der Waals surface area contributed by atoms with Gasteiger partial charge in [0.25, 0.3) is 5.56 Å². The lowest BCUT2D eigenvalue weighted by atomic mass is 9.98. The monoisotopic (exact) mass is 609 g/mol. The SMILES string of the molecule is C.CCc1cc2c(=O)n(CC(=O)c3ccccc3OC)c(=O)n(Cc3ccc(-c4ccccc4-c4noc([O-])n4)cc3)c2s1. The molecule has 44 heavy (non-hydrogen) atoms. The van der Waals surface area contributed by atoms with Gasteiger partial charge in [0, 0.05) is 10.4 Å². The molecule has 0 saturated heterocycles. The van der Waals surface area contributed by atoms with Crippen molar-refractivity contribution in [1.29, 1.82) is 0 Å². The summed E-state index contributed by atoms with van der Waals surface area (Å²) >= 11 is 1.40. The highest BCUT2D eigenvalue weighted by Gasteiger charge is 2.20. The quantitative estimate of drug-likeness (QED) is 0.206. The first-order chi connectivity index (χ1) is 20.9. The van der Waals surface area contributed by atoms with Crippen molar-refractivity contribution in [3.05, 3.63) is 116 Å². The number of aromatic nitrogens is 4. The Morgan fingerprint density at radius 1 is 0.977 bits per heavy atom. The molecule has 0 saturated carbocycles. The summed E-state index contributed by atoms with van der Waals surface area (Å²) in [6.45, 7) is 1.76. The van der Waals surface area contributed by atoms with E-state index in [2.05, 4.69) is 14.7 Å². The summed E-state index contributed by atoms with van der Waals surface area (Å²) < 4.78 is 12.5. The molecule has 6 aromatic rings. The van der Waals surface area contributed by atoms with E-state index in [0.29, 0.717) is 33.5 Å². The molecular weight excluding hydrogens is 580 g/mol. The zero-order valence-electron chi connectivity index (χ0n) is 23.3. The van der Waals surface area contributed by atoms with Crippen molar-refractivity contribution < 1.29 is 19.2 Å². The van der Waals surface area contributed by atoms with E-state index in [1.807, 2.05) is 55.5 Å². The number of para-hydroxylation sites is 1. The molecule has 0 bridgehead atoms. The van der Waals surface area contributed by atoms with Crippen LogP contribution in [0.3, 0.4) is 0 Å². The predicted octanol–water partition coefficient (Wildman–Crippen LogP) is 5.15. The van der Waals surface area contributed by atoms with Gasteiger partial charge in [-0.2, -0.15) is 5.16 Å². The van der Waals surface area contributed by atoms with E-state index in [-0.39, 0.29) is 19.8 Å². The van der Waals surface area contributed by atoms with Crippen LogP contribution in [-0.2, 0) is 19.5 Å². The Morgan fingerprint density at radius 2 is 1.68 bits per heavy atom. The molecule has 0 aliphatic rings. The standard InChI is InChI=1S/C32H26N4O6S.CH4/c1-3-21-16-25-29(38)35(18-26(37)24-10-6-7-11-27(24)41-2)32(40)36(30(25)43-21)17-19-12-14-20(15-13-19)22-8-4-5-9-23(22)28-33-31(39)42-34-28;/h4-16H,3,17-18H2,1-2H3,(H,33,34,39);1H4/p-1. The molecule has 0 spiro atoms. The van der Waals surface area contributed by atoms with Crippen LogP contribution in [0.2, 0.25) is 0 Å². The number of thiophene rings is 1. The normalized spacial score (nSPS) is 11.0. The molecule has 11 heteroatoms. The Kier molecular flexibility index (Phi) is 8.59. The summed E-state index contributed by atoms with van der Waals surface area (Å²) in [6.07, 6.45) is -0.0576. The first-order valence-corrected chi connectivity index (χ1v) is 14.3. The van der Waals surface area contributed by atoms with Gasteiger partial charge in [-0.05, 0) is 41.3 Å². The minimum atomic E-state index is -0.761. The van der Waals surface area contributed by atoms with Crippen LogP contribution in [0, 0.1) is 0 Å². The highest BCUT2D eigenvalue weighted by Crippen LogP contribution is 2.31. The van der Waals surface area contributed by atoms with E-state index in [0.717, 1.165) is 26.1 Å². The van der Waals surface area contributed by atoms with E-state index in [9.17, 15) is 19.5 Å². The second-order valence-electron chi connectivity index (χ2n) is 9.79. The maximum absolute atomic E-state index is 13.8. The highest BCUT2D eigenvalue weighted by molar-refractivity contribution is 7.18. The van der Waals surface area contributed by atoms with Crippen LogP contribution in [0.15, 0.2) is 93.0 Å². The van der Waals surface area contributed by atoms with Crippen LogP contribution in [0.4, 0.5) is 0 Å². The summed E-state index contributed by atoms with van der Waals surface area (Å²) in [6, 6.07) is 23.5. The molecule has 0 amide bonds. The van der Waals surface area contributed by atoms with Crippen LogP contribution in [0.1, 0.15) is 35.1 Å². The molecule has 0 atom stereocenters. The van der Waals surface area contributed by atoms with E-state index in [1.165, 1.54) is 18.4 Å². The third-order valence-corrected chi connectivity index (χ3v) is 8.49. The lowest BCUT2D eigenvalue weighted by molar-refractivity contribution is -0.303. The Morgan fingerprint density at radius 3 is 2.36 bits per heavy atom. The molecule has 3 heterocycles. The first-order valence-electron chi connectivity index (χ1n) is 13.5. The topological polar surface area (TPSA) is 132 Å². The Hall–Kier alpha value is -5.29. The summed E-state index contributed by atoms with van der Waals surface area (Å²) in [5.74, 6) is 0.176. The summed E-state index contributed by atoms with van der Waals surface area (Å²) in [5.41, 5.74) is 2.37. The average molecular weight is 610 g/mol. The average Bonchev–Trinajstić information content (AvgIpc) is 3.68. The van der Waals surface area contributed by atoms with Gasteiger partial charge >= 0.3 is 5.69 Å². The van der Waals surface area contributed by atoms with E-state index in [4.69, 9.17) is 4.74 Å². The van der Waals surface area contributed by atoms with Crippen LogP contribution in [0.25, 0.3) is 32.7 Å². The van der Waals surface area contributed by atoms with Crippen molar-refractivity contribution in [2.24, 2.45) is 0 Å². The number of Topliss-reactive ketones (excluding diaryl/α,β-unsaturated/α-hetero) is 1. The van der Waals surface area contributed by atoms with Crippen LogP contribution in [0.5, 0.6) is 11.8 Å². The highest BCUT2D eigenvalue weighted by atomic mass is 32.1. The van der Waals surface area contributed by atoms with E-state index < -0.39 is 29.7 Å². The number of hydrogen-bond acceptors (Lipinski definition) is 9. The summed E-state index contributed by atoms with van der Waals surface area (Å²) in [7, 11) is 1.46. The molecule has 0 unspecified atom stereocenters. The number of carbonyl (C=O) groups is 1. The number of carbonyl (C=O) groups excluding carboxylic acids is 1. The van der Waals surface area contributed by atoms with E-state index in [1.54, 1.807) is 34.9 Å². The van der Waals surface area contributed by atoms with Crippen molar-refractivity contribution in [3.63, 3.8) is 0 Å². The van der Waals surface area contributed by atoms with Crippen LogP contribution >= 0.6 is 11.3 Å². The number of aryl methyl sites for hydroxylation is 1. The summed E-state index contributed by atoms with van der Waals surface area (Å²) in [4.78, 5) is 45.9. The van der Waals surface area contributed by atoms with Gasteiger partial charge in [0.2, 0.25) is 0 Å². The molecule has 0 radical (unpaired) electrons.